The van der Waals surface area contributed by atoms with Crippen LogP contribution in [0.1, 0.15) is 80.4 Å². The van der Waals surface area contributed by atoms with Crippen LogP contribution in [-0.4, -0.2) is 41.1 Å². The zero-order chi connectivity index (χ0) is 25.2. The monoisotopic (exact) mass is 480 g/mol. The molecule has 5 rings (SSSR count). The molecule has 3 aliphatic rings. The number of benzene rings is 2. The highest BCUT2D eigenvalue weighted by molar-refractivity contribution is 6.81. The molecule has 1 saturated carbocycles. The minimum atomic E-state index is -2.53. The first-order valence-corrected chi connectivity index (χ1v) is 12.4. The Morgan fingerprint density at radius 1 is 1.14 bits per heavy atom. The highest BCUT2D eigenvalue weighted by Gasteiger charge is 2.57. The van der Waals surface area contributed by atoms with Gasteiger partial charge >= 0.3 is 12.7 Å². The van der Waals surface area contributed by atoms with Gasteiger partial charge in [-0.3, -0.25) is 9.59 Å². The maximum atomic E-state index is 15.4. The van der Waals surface area contributed by atoms with Gasteiger partial charge in [-0.05, 0) is 82.2 Å². The van der Waals surface area contributed by atoms with Crippen molar-refractivity contribution in [1.29, 1.82) is 0 Å². The van der Waals surface area contributed by atoms with Gasteiger partial charge in [0.05, 0.1) is 5.56 Å². The molecular weight excluding hydrogens is 448 g/mol. The summed E-state index contributed by atoms with van der Waals surface area (Å²) in [6, 6.07) is 10.8. The Kier molecular flexibility index (Phi) is 5.60. The number of fused-ring (bicyclic) bond motifs is 1. The lowest BCUT2D eigenvalue weighted by atomic mass is 9.58. The highest BCUT2D eigenvalue weighted by Crippen LogP contribution is 2.45. The Hall–Kier alpha value is -2.71. The van der Waals surface area contributed by atoms with Crippen LogP contribution >= 0.6 is 0 Å². The van der Waals surface area contributed by atoms with E-state index >= 15 is 4.39 Å². The topological polar surface area (TPSA) is 65.1 Å². The van der Waals surface area contributed by atoms with Gasteiger partial charge < -0.3 is 18.9 Å². The summed E-state index contributed by atoms with van der Waals surface area (Å²) >= 11 is 0. The fraction of sp³-hybridized carbons (Fsp3) is 0.481. The van der Waals surface area contributed by atoms with E-state index in [2.05, 4.69) is 0 Å². The fourth-order valence-electron chi connectivity index (χ4n) is 5.32. The first-order chi connectivity index (χ1) is 16.4. The third-order valence-corrected chi connectivity index (χ3v) is 7.99. The van der Waals surface area contributed by atoms with Crippen LogP contribution in [0.15, 0.2) is 36.4 Å². The lowest BCUT2D eigenvalue weighted by molar-refractivity contribution is -0.142. The predicted octanol–water partition coefficient (Wildman–Crippen LogP) is 4.21. The minimum Gasteiger partial charge on any atom is -0.540 e. The summed E-state index contributed by atoms with van der Waals surface area (Å²) in [6.07, 6.45) is 2.63. The summed E-state index contributed by atoms with van der Waals surface area (Å²) in [7, 11) is 0. The van der Waals surface area contributed by atoms with Crippen LogP contribution in [0.5, 0.6) is 0 Å². The van der Waals surface area contributed by atoms with Crippen molar-refractivity contribution in [2.45, 2.75) is 77.6 Å². The number of rotatable bonds is 5. The number of hydrogen-bond acceptors (Lipinski definition) is 5. The molecule has 2 aromatic rings. The lowest BCUT2D eigenvalue weighted by Crippen LogP contribution is -2.69. The SMILES string of the molecule is CC(=O)OCc1ccccc1[B-]1(N2CCc3cc(C4CC4)cc(F)c3C2=O)OC(C)(C)C(C)(C)O1. The van der Waals surface area contributed by atoms with E-state index in [9.17, 15) is 9.59 Å². The van der Waals surface area contributed by atoms with Gasteiger partial charge in [-0.25, -0.2) is 4.39 Å². The van der Waals surface area contributed by atoms with Crippen molar-refractivity contribution in [3.63, 3.8) is 0 Å². The number of esters is 1. The molecule has 1 saturated heterocycles. The summed E-state index contributed by atoms with van der Waals surface area (Å²) in [5.41, 5.74) is 1.61. The molecule has 0 aromatic heterocycles. The molecule has 0 bridgehead atoms. The van der Waals surface area contributed by atoms with Crippen molar-refractivity contribution in [1.82, 2.24) is 4.81 Å². The zero-order valence-electron chi connectivity index (χ0n) is 21.0. The summed E-state index contributed by atoms with van der Waals surface area (Å²) in [4.78, 5) is 27.1. The van der Waals surface area contributed by atoms with Crippen LogP contribution in [0, 0.1) is 5.82 Å². The van der Waals surface area contributed by atoms with E-state index in [4.69, 9.17) is 14.0 Å². The minimum absolute atomic E-state index is 0.0142. The van der Waals surface area contributed by atoms with E-state index in [-0.39, 0.29) is 12.2 Å². The summed E-state index contributed by atoms with van der Waals surface area (Å²) in [6.45, 7) is 6.87. The zero-order valence-corrected chi connectivity index (χ0v) is 21.0. The van der Waals surface area contributed by atoms with E-state index in [1.165, 1.54) is 13.0 Å². The second-order valence-corrected chi connectivity index (χ2v) is 11.0. The maximum Gasteiger partial charge on any atom is 0.379 e. The van der Waals surface area contributed by atoms with Gasteiger partial charge in [-0.15, -0.1) is 5.46 Å². The van der Waals surface area contributed by atoms with Crippen molar-refractivity contribution in [3.8, 4) is 0 Å². The largest absolute Gasteiger partial charge is 0.540 e. The summed E-state index contributed by atoms with van der Waals surface area (Å²) in [5.74, 6) is -0.946. The molecule has 0 spiro atoms. The van der Waals surface area contributed by atoms with Gasteiger partial charge in [0.1, 0.15) is 12.4 Å². The van der Waals surface area contributed by atoms with Crippen molar-refractivity contribution < 1.29 is 28.0 Å². The van der Waals surface area contributed by atoms with Crippen molar-refractivity contribution in [2.24, 2.45) is 0 Å². The smallest absolute Gasteiger partial charge is 0.379 e. The second kappa shape index (κ2) is 8.17. The number of nitrogens with zero attached hydrogens (tertiary/aromatic N) is 1. The first-order valence-electron chi connectivity index (χ1n) is 12.4. The van der Waals surface area contributed by atoms with Crippen LogP contribution < -0.4 is 5.46 Å². The van der Waals surface area contributed by atoms with Gasteiger partial charge in [0.25, 0.3) is 0 Å². The number of hydrogen-bond donors (Lipinski definition) is 0. The predicted molar refractivity (Wildman–Crippen MR) is 131 cm³/mol. The third-order valence-electron chi connectivity index (χ3n) is 7.99. The van der Waals surface area contributed by atoms with E-state index in [1.54, 1.807) is 4.81 Å². The average Bonchev–Trinajstić information content (AvgIpc) is 3.59. The summed E-state index contributed by atoms with van der Waals surface area (Å²) < 4.78 is 34.1. The van der Waals surface area contributed by atoms with Gasteiger partial charge in [0.15, 0.2) is 0 Å². The van der Waals surface area contributed by atoms with Gasteiger partial charge in [0, 0.05) is 18.1 Å². The van der Waals surface area contributed by atoms with Gasteiger partial charge in [-0.1, -0.05) is 30.3 Å². The molecule has 0 atom stereocenters. The molecule has 1 amide bonds. The van der Waals surface area contributed by atoms with Crippen LogP contribution in [0.25, 0.3) is 0 Å². The van der Waals surface area contributed by atoms with Crippen LogP contribution in [-0.2, 0) is 31.9 Å². The Balaban J connectivity index is 1.63. The third kappa shape index (κ3) is 3.97. The number of carbonyl (C=O) groups excluding carboxylic acids is 2. The molecule has 2 fully saturated rings. The van der Waals surface area contributed by atoms with Gasteiger partial charge in [0.2, 0.25) is 5.91 Å². The quantitative estimate of drug-likeness (QED) is 0.474. The Morgan fingerprint density at radius 3 is 2.43 bits per heavy atom. The average molecular weight is 480 g/mol. The Bertz CT molecular complexity index is 1190. The molecule has 186 valence electrons. The molecule has 35 heavy (non-hydrogen) atoms. The van der Waals surface area contributed by atoms with Crippen molar-refractivity contribution in [2.75, 3.05) is 6.54 Å². The van der Waals surface area contributed by atoms with Crippen LogP contribution in [0.2, 0.25) is 0 Å². The maximum absolute atomic E-state index is 15.4. The highest BCUT2D eigenvalue weighted by atomic mass is 19.1. The normalized spacial score (nSPS) is 22.1. The van der Waals surface area contributed by atoms with Crippen molar-refractivity contribution in [3.05, 3.63) is 64.5 Å². The first kappa shape index (κ1) is 24.0. The van der Waals surface area contributed by atoms with E-state index in [1.807, 2.05) is 58.0 Å². The molecule has 2 aliphatic heterocycles. The standard InChI is InChI=1S/C27H32BFNO5/c1-17(31)33-16-20-8-6-7-9-22(20)28(34-26(2,3)27(4,5)35-28)30-13-12-19-14-21(18-10-11-18)15-23(29)24(19)25(30)32/h6-9,14-15,18H,10-13,16H2,1-5H3/q-1. The van der Waals surface area contributed by atoms with Crippen molar-refractivity contribution >= 4 is 24.0 Å². The van der Waals surface area contributed by atoms with E-state index in [0.717, 1.165) is 24.0 Å². The summed E-state index contributed by atoms with van der Waals surface area (Å²) in [5, 5.41) is 0. The number of carbonyl (C=O) groups is 2. The van der Waals surface area contributed by atoms with E-state index in [0.29, 0.717) is 29.9 Å². The molecule has 0 radical (unpaired) electrons. The van der Waals surface area contributed by atoms with E-state index < -0.39 is 35.6 Å². The molecule has 2 aromatic carbocycles. The molecule has 2 heterocycles. The Labute approximate surface area is 205 Å². The Morgan fingerprint density at radius 2 is 1.80 bits per heavy atom. The molecule has 1 aliphatic carbocycles. The number of halogens is 1. The second-order valence-electron chi connectivity index (χ2n) is 11.0. The molecule has 8 heteroatoms. The van der Waals surface area contributed by atoms with Crippen LogP contribution in [0.4, 0.5) is 4.39 Å². The van der Waals surface area contributed by atoms with Crippen LogP contribution in [0.3, 0.4) is 0 Å². The molecule has 0 N–H and O–H groups in total. The fourth-order valence-corrected chi connectivity index (χ4v) is 5.32. The lowest BCUT2D eigenvalue weighted by Gasteiger charge is -2.50. The molecular formula is C27H32BFNO5-. The molecule has 6 nitrogen and oxygen atoms in total. The number of amides is 1. The van der Waals surface area contributed by atoms with Gasteiger partial charge in [-0.2, -0.15) is 0 Å². The molecule has 0 unspecified atom stereocenters. The number of ether oxygens (including phenoxy) is 1.